The maximum absolute atomic E-state index is 12.9. The van der Waals surface area contributed by atoms with Crippen LogP contribution in [0.3, 0.4) is 0 Å². The Labute approximate surface area is 150 Å². The molecule has 0 saturated carbocycles. The molecule has 0 aliphatic heterocycles. The number of ether oxygens (including phenoxy) is 2. The first-order chi connectivity index (χ1) is 11.8. The molecule has 6 heteroatoms. The zero-order chi connectivity index (χ0) is 18.6. The van der Waals surface area contributed by atoms with E-state index in [1.165, 1.54) is 7.11 Å². The second kappa shape index (κ2) is 7.89. The van der Waals surface area contributed by atoms with Crippen molar-refractivity contribution in [3.8, 4) is 11.5 Å². The molecule has 0 amide bonds. The third-order valence-corrected chi connectivity index (χ3v) is 5.64. The molecule has 0 aliphatic rings. The molecule has 5 nitrogen and oxygen atoms in total. The van der Waals surface area contributed by atoms with Crippen LogP contribution in [0.25, 0.3) is 0 Å². The predicted molar refractivity (Wildman–Crippen MR) is 98.8 cm³/mol. The number of hydrogen-bond donors (Lipinski definition) is 1. The minimum atomic E-state index is -3.76. The maximum atomic E-state index is 12.9. The SMILES string of the molecule is COc1ccccc1[C@H](C)NS(=O)(=O)c1cc(C(C)C)ccc1OC. The van der Waals surface area contributed by atoms with Gasteiger partial charge in [-0.25, -0.2) is 13.1 Å². The molecule has 0 fully saturated rings. The van der Waals surface area contributed by atoms with Crippen molar-refractivity contribution < 1.29 is 17.9 Å². The van der Waals surface area contributed by atoms with Gasteiger partial charge in [0.05, 0.1) is 14.2 Å². The first-order valence-corrected chi connectivity index (χ1v) is 9.61. The van der Waals surface area contributed by atoms with Crippen molar-refractivity contribution in [3.05, 3.63) is 53.6 Å². The highest BCUT2D eigenvalue weighted by atomic mass is 32.2. The molecular formula is C19H25NO4S. The fraction of sp³-hybridized carbons (Fsp3) is 0.368. The van der Waals surface area contributed by atoms with Gasteiger partial charge in [-0.1, -0.05) is 38.1 Å². The largest absolute Gasteiger partial charge is 0.496 e. The Bertz CT molecular complexity index is 831. The smallest absolute Gasteiger partial charge is 0.244 e. The van der Waals surface area contributed by atoms with Crippen molar-refractivity contribution in [2.45, 2.75) is 37.6 Å². The van der Waals surface area contributed by atoms with Crippen LogP contribution in [0.4, 0.5) is 0 Å². The maximum Gasteiger partial charge on any atom is 0.244 e. The second-order valence-corrected chi connectivity index (χ2v) is 7.83. The van der Waals surface area contributed by atoms with Crippen LogP contribution in [-0.2, 0) is 10.0 Å². The van der Waals surface area contributed by atoms with Gasteiger partial charge in [-0.05, 0) is 36.6 Å². The number of nitrogens with one attached hydrogen (secondary N) is 1. The number of rotatable bonds is 7. The van der Waals surface area contributed by atoms with E-state index in [9.17, 15) is 8.42 Å². The van der Waals surface area contributed by atoms with Crippen LogP contribution in [0.15, 0.2) is 47.4 Å². The number of benzene rings is 2. The summed E-state index contributed by atoms with van der Waals surface area (Å²) in [7, 11) is -0.732. The van der Waals surface area contributed by atoms with Gasteiger partial charge in [0.15, 0.2) is 0 Å². The molecule has 0 saturated heterocycles. The highest BCUT2D eigenvalue weighted by molar-refractivity contribution is 7.89. The van der Waals surface area contributed by atoms with Crippen molar-refractivity contribution >= 4 is 10.0 Å². The van der Waals surface area contributed by atoms with Crippen LogP contribution in [0.1, 0.15) is 43.9 Å². The summed E-state index contributed by atoms with van der Waals surface area (Å²) in [5.74, 6) is 1.18. The summed E-state index contributed by atoms with van der Waals surface area (Å²) in [5, 5.41) is 0. The van der Waals surface area contributed by atoms with Gasteiger partial charge in [0.1, 0.15) is 16.4 Å². The van der Waals surface area contributed by atoms with E-state index >= 15 is 0 Å². The molecule has 2 aromatic carbocycles. The van der Waals surface area contributed by atoms with Gasteiger partial charge in [-0.3, -0.25) is 0 Å². The third kappa shape index (κ3) is 4.32. The Morgan fingerprint density at radius 1 is 0.920 bits per heavy atom. The fourth-order valence-corrected chi connectivity index (χ4v) is 4.07. The summed E-state index contributed by atoms with van der Waals surface area (Å²) in [6.07, 6.45) is 0. The number of methoxy groups -OCH3 is 2. The van der Waals surface area contributed by atoms with Crippen molar-refractivity contribution in [3.63, 3.8) is 0 Å². The number of para-hydroxylation sites is 1. The van der Waals surface area contributed by atoms with Crippen molar-refractivity contribution in [1.82, 2.24) is 4.72 Å². The van der Waals surface area contributed by atoms with E-state index < -0.39 is 16.1 Å². The molecule has 25 heavy (non-hydrogen) atoms. The Balaban J connectivity index is 2.40. The molecule has 0 unspecified atom stereocenters. The molecular weight excluding hydrogens is 338 g/mol. The lowest BCUT2D eigenvalue weighted by Crippen LogP contribution is -2.27. The summed E-state index contributed by atoms with van der Waals surface area (Å²) in [6.45, 7) is 5.82. The molecule has 2 rings (SSSR count). The summed E-state index contributed by atoms with van der Waals surface area (Å²) in [5.41, 5.74) is 1.71. The molecule has 1 N–H and O–H groups in total. The molecule has 0 radical (unpaired) electrons. The first-order valence-electron chi connectivity index (χ1n) is 8.13. The van der Waals surface area contributed by atoms with Gasteiger partial charge in [0.2, 0.25) is 10.0 Å². The summed E-state index contributed by atoms with van der Waals surface area (Å²) < 4.78 is 39.2. The van der Waals surface area contributed by atoms with Gasteiger partial charge >= 0.3 is 0 Å². The Morgan fingerprint density at radius 3 is 2.16 bits per heavy atom. The molecule has 0 aliphatic carbocycles. The quantitative estimate of drug-likeness (QED) is 0.811. The summed E-state index contributed by atoms with van der Waals surface area (Å²) in [6, 6.07) is 12.1. The van der Waals surface area contributed by atoms with Crippen LogP contribution in [0, 0.1) is 0 Å². The van der Waals surface area contributed by atoms with Gasteiger partial charge in [-0.2, -0.15) is 0 Å². The predicted octanol–water partition coefficient (Wildman–Crippen LogP) is 3.87. The van der Waals surface area contributed by atoms with Gasteiger partial charge in [0.25, 0.3) is 0 Å². The van der Waals surface area contributed by atoms with Crippen LogP contribution in [0.2, 0.25) is 0 Å². The van der Waals surface area contributed by atoms with E-state index in [2.05, 4.69) is 4.72 Å². The Hall–Kier alpha value is -2.05. The van der Waals surface area contributed by atoms with Crippen molar-refractivity contribution in [2.24, 2.45) is 0 Å². The molecule has 136 valence electrons. The molecule has 0 spiro atoms. The Morgan fingerprint density at radius 2 is 1.56 bits per heavy atom. The van der Waals surface area contributed by atoms with Gasteiger partial charge in [0, 0.05) is 11.6 Å². The zero-order valence-corrected chi connectivity index (χ0v) is 16.1. The lowest BCUT2D eigenvalue weighted by molar-refractivity contribution is 0.400. The van der Waals surface area contributed by atoms with Crippen LogP contribution < -0.4 is 14.2 Å². The van der Waals surface area contributed by atoms with Crippen molar-refractivity contribution in [2.75, 3.05) is 14.2 Å². The van der Waals surface area contributed by atoms with E-state index in [-0.39, 0.29) is 10.8 Å². The minimum Gasteiger partial charge on any atom is -0.496 e. The minimum absolute atomic E-state index is 0.142. The second-order valence-electron chi connectivity index (χ2n) is 6.15. The lowest BCUT2D eigenvalue weighted by atomic mass is 10.0. The zero-order valence-electron chi connectivity index (χ0n) is 15.2. The van der Waals surface area contributed by atoms with E-state index in [0.717, 1.165) is 11.1 Å². The van der Waals surface area contributed by atoms with Gasteiger partial charge < -0.3 is 9.47 Å². The molecule has 0 heterocycles. The van der Waals surface area contributed by atoms with E-state index in [0.29, 0.717) is 11.5 Å². The molecule has 0 aromatic heterocycles. The average molecular weight is 363 g/mol. The van der Waals surface area contributed by atoms with E-state index in [1.54, 1.807) is 32.2 Å². The third-order valence-electron chi connectivity index (χ3n) is 4.08. The standard InChI is InChI=1S/C19H25NO4S/c1-13(2)15-10-11-18(24-5)19(12-15)25(21,22)20-14(3)16-8-6-7-9-17(16)23-4/h6-14,20H,1-5H3/t14-/m0/s1. The topological polar surface area (TPSA) is 64.6 Å². The van der Waals surface area contributed by atoms with Gasteiger partial charge in [-0.15, -0.1) is 0 Å². The van der Waals surface area contributed by atoms with E-state index in [4.69, 9.17) is 9.47 Å². The number of hydrogen-bond acceptors (Lipinski definition) is 4. The van der Waals surface area contributed by atoms with Crippen LogP contribution in [0.5, 0.6) is 11.5 Å². The highest BCUT2D eigenvalue weighted by Crippen LogP contribution is 2.30. The lowest BCUT2D eigenvalue weighted by Gasteiger charge is -2.19. The molecule has 0 bridgehead atoms. The van der Waals surface area contributed by atoms with Crippen LogP contribution >= 0.6 is 0 Å². The number of sulfonamides is 1. The summed E-state index contributed by atoms with van der Waals surface area (Å²) >= 11 is 0. The Kier molecular flexibility index (Phi) is 6.08. The first kappa shape index (κ1) is 19.3. The van der Waals surface area contributed by atoms with Crippen LogP contribution in [-0.4, -0.2) is 22.6 Å². The normalized spacial score (nSPS) is 12.9. The molecule has 1 atom stereocenters. The average Bonchev–Trinajstić information content (AvgIpc) is 2.60. The van der Waals surface area contributed by atoms with E-state index in [1.807, 2.05) is 38.1 Å². The van der Waals surface area contributed by atoms with Crippen molar-refractivity contribution in [1.29, 1.82) is 0 Å². The summed E-state index contributed by atoms with van der Waals surface area (Å²) in [4.78, 5) is 0.142. The fourth-order valence-electron chi connectivity index (χ4n) is 2.65. The molecule has 2 aromatic rings. The monoisotopic (exact) mass is 363 g/mol. The highest BCUT2D eigenvalue weighted by Gasteiger charge is 2.24.